The molecule has 0 aromatic carbocycles. The second kappa shape index (κ2) is 4.19. The van der Waals surface area contributed by atoms with E-state index in [1.165, 1.54) is 6.07 Å². The maximum atomic E-state index is 11.6. The lowest BCUT2D eigenvalue weighted by molar-refractivity contribution is 0.102. The number of hydrogen-bond donors (Lipinski definition) is 3. The Hall–Kier alpha value is -2.08. The molecule has 6 nitrogen and oxygen atoms in total. The number of H-pyrrole nitrogens is 1. The molecule has 2 heterocycles. The standard InChI is InChI=1S/C9H8ClN5O/c10-6-2-1-3-8(12-6)13-9(16)5-4-7(11)15-14-5/h1-4H,(H3,11,14,15)(H,12,13,16). The van der Waals surface area contributed by atoms with Gasteiger partial charge in [0.1, 0.15) is 22.5 Å². The van der Waals surface area contributed by atoms with E-state index in [9.17, 15) is 4.79 Å². The Balaban J connectivity index is 2.13. The van der Waals surface area contributed by atoms with Gasteiger partial charge >= 0.3 is 0 Å². The first-order valence-electron chi connectivity index (χ1n) is 4.40. The summed E-state index contributed by atoms with van der Waals surface area (Å²) in [5.74, 6) is 0.244. The van der Waals surface area contributed by atoms with Crippen LogP contribution in [0.1, 0.15) is 10.5 Å². The largest absolute Gasteiger partial charge is 0.382 e. The zero-order chi connectivity index (χ0) is 11.5. The van der Waals surface area contributed by atoms with E-state index in [2.05, 4.69) is 20.5 Å². The molecule has 0 unspecified atom stereocenters. The fourth-order valence-corrected chi connectivity index (χ4v) is 1.28. The third kappa shape index (κ3) is 2.29. The van der Waals surface area contributed by atoms with Gasteiger partial charge in [0.2, 0.25) is 0 Å². The van der Waals surface area contributed by atoms with Crippen molar-refractivity contribution in [3.63, 3.8) is 0 Å². The highest BCUT2D eigenvalue weighted by atomic mass is 35.5. The van der Waals surface area contributed by atoms with E-state index >= 15 is 0 Å². The van der Waals surface area contributed by atoms with Crippen molar-refractivity contribution in [1.82, 2.24) is 15.2 Å². The maximum absolute atomic E-state index is 11.6. The summed E-state index contributed by atoms with van der Waals surface area (Å²) >= 11 is 5.68. The molecule has 2 rings (SSSR count). The summed E-state index contributed by atoms with van der Waals surface area (Å²) in [5.41, 5.74) is 5.64. The van der Waals surface area contributed by atoms with Crippen molar-refractivity contribution in [2.75, 3.05) is 11.1 Å². The van der Waals surface area contributed by atoms with E-state index in [0.29, 0.717) is 11.0 Å². The van der Waals surface area contributed by atoms with Crippen molar-refractivity contribution >= 4 is 29.1 Å². The highest BCUT2D eigenvalue weighted by Gasteiger charge is 2.09. The highest BCUT2D eigenvalue weighted by molar-refractivity contribution is 6.29. The van der Waals surface area contributed by atoms with Crippen LogP contribution < -0.4 is 11.1 Å². The monoisotopic (exact) mass is 237 g/mol. The summed E-state index contributed by atoms with van der Waals surface area (Å²) in [6, 6.07) is 6.36. The second-order valence-corrected chi connectivity index (χ2v) is 3.39. The number of carbonyl (C=O) groups excluding carboxylic acids is 1. The van der Waals surface area contributed by atoms with Gasteiger partial charge in [-0.2, -0.15) is 5.10 Å². The third-order valence-corrected chi connectivity index (χ3v) is 2.01. The highest BCUT2D eigenvalue weighted by Crippen LogP contribution is 2.10. The molecule has 4 N–H and O–H groups in total. The lowest BCUT2D eigenvalue weighted by atomic mass is 10.4. The van der Waals surface area contributed by atoms with Crippen molar-refractivity contribution < 1.29 is 4.79 Å². The zero-order valence-electron chi connectivity index (χ0n) is 8.07. The first-order valence-corrected chi connectivity index (χ1v) is 4.78. The maximum Gasteiger partial charge on any atom is 0.274 e. The van der Waals surface area contributed by atoms with Gasteiger partial charge in [0.05, 0.1) is 0 Å². The van der Waals surface area contributed by atoms with Gasteiger partial charge in [-0.25, -0.2) is 4.98 Å². The van der Waals surface area contributed by atoms with Crippen molar-refractivity contribution in [1.29, 1.82) is 0 Å². The van der Waals surface area contributed by atoms with Crippen LogP contribution in [0.5, 0.6) is 0 Å². The number of halogens is 1. The van der Waals surface area contributed by atoms with Crippen LogP contribution in [-0.2, 0) is 0 Å². The molecule has 0 aliphatic rings. The normalized spacial score (nSPS) is 10.1. The molecule has 0 spiro atoms. The topological polar surface area (TPSA) is 96.7 Å². The number of carbonyl (C=O) groups is 1. The van der Waals surface area contributed by atoms with Gasteiger partial charge in [-0.05, 0) is 12.1 Å². The van der Waals surface area contributed by atoms with Crippen LogP contribution in [0, 0.1) is 0 Å². The Morgan fingerprint density at radius 3 is 2.94 bits per heavy atom. The van der Waals surface area contributed by atoms with Gasteiger partial charge in [0.25, 0.3) is 5.91 Å². The fraction of sp³-hybridized carbons (Fsp3) is 0. The number of aromatic amines is 1. The number of hydrogen-bond acceptors (Lipinski definition) is 4. The smallest absolute Gasteiger partial charge is 0.274 e. The van der Waals surface area contributed by atoms with Crippen LogP contribution in [0.25, 0.3) is 0 Å². The molecule has 16 heavy (non-hydrogen) atoms. The summed E-state index contributed by atoms with van der Waals surface area (Å²) in [6.07, 6.45) is 0. The molecule has 0 aliphatic carbocycles. The Bertz CT molecular complexity index is 524. The first kappa shape index (κ1) is 10.4. The van der Waals surface area contributed by atoms with Crippen LogP contribution in [0.2, 0.25) is 5.15 Å². The molecule has 2 aromatic rings. The van der Waals surface area contributed by atoms with Gasteiger partial charge in [0, 0.05) is 6.07 Å². The van der Waals surface area contributed by atoms with Gasteiger partial charge in [0.15, 0.2) is 0 Å². The Morgan fingerprint density at radius 1 is 1.50 bits per heavy atom. The van der Waals surface area contributed by atoms with Gasteiger partial charge in [-0.1, -0.05) is 17.7 Å². The molecule has 0 atom stereocenters. The average molecular weight is 238 g/mol. The number of nitrogens with two attached hydrogens (primary N) is 1. The number of nitrogens with one attached hydrogen (secondary N) is 2. The Kier molecular flexibility index (Phi) is 2.74. The minimum atomic E-state index is -0.376. The van der Waals surface area contributed by atoms with E-state index in [4.69, 9.17) is 17.3 Å². The van der Waals surface area contributed by atoms with Crippen LogP contribution in [-0.4, -0.2) is 21.1 Å². The van der Waals surface area contributed by atoms with Crippen molar-refractivity contribution in [2.24, 2.45) is 0 Å². The summed E-state index contributed by atoms with van der Waals surface area (Å²) in [7, 11) is 0. The predicted octanol–water partition coefficient (Wildman–Crippen LogP) is 1.29. The zero-order valence-corrected chi connectivity index (χ0v) is 8.82. The van der Waals surface area contributed by atoms with E-state index in [0.717, 1.165) is 0 Å². The minimum absolute atomic E-state index is 0.254. The second-order valence-electron chi connectivity index (χ2n) is 3.01. The predicted molar refractivity (Wildman–Crippen MR) is 60.2 cm³/mol. The number of aromatic nitrogens is 3. The van der Waals surface area contributed by atoms with Gasteiger partial charge in [-0.15, -0.1) is 0 Å². The van der Waals surface area contributed by atoms with Crippen LogP contribution >= 0.6 is 11.6 Å². The minimum Gasteiger partial charge on any atom is -0.382 e. The molecule has 0 saturated carbocycles. The van der Waals surface area contributed by atoms with E-state index in [1.54, 1.807) is 18.2 Å². The molecular formula is C9H8ClN5O. The number of anilines is 2. The molecule has 0 saturated heterocycles. The summed E-state index contributed by atoms with van der Waals surface area (Å²) in [5, 5.41) is 8.99. The lowest BCUT2D eigenvalue weighted by Gasteiger charge is -2.01. The van der Waals surface area contributed by atoms with Crippen LogP contribution in [0.4, 0.5) is 11.6 Å². The summed E-state index contributed by atoms with van der Waals surface area (Å²) in [6.45, 7) is 0. The Labute approximate surface area is 95.8 Å². The molecule has 1 amide bonds. The van der Waals surface area contributed by atoms with E-state index in [-0.39, 0.29) is 17.4 Å². The van der Waals surface area contributed by atoms with Crippen LogP contribution in [0.15, 0.2) is 24.3 Å². The Morgan fingerprint density at radius 2 is 2.31 bits per heavy atom. The fourth-order valence-electron chi connectivity index (χ4n) is 1.12. The summed E-state index contributed by atoms with van der Waals surface area (Å²) < 4.78 is 0. The van der Waals surface area contributed by atoms with Crippen molar-refractivity contribution in [3.05, 3.63) is 35.1 Å². The number of nitrogen functional groups attached to an aromatic ring is 1. The lowest BCUT2D eigenvalue weighted by Crippen LogP contribution is -2.13. The molecule has 0 bridgehead atoms. The number of pyridine rings is 1. The van der Waals surface area contributed by atoms with Gasteiger partial charge < -0.3 is 11.1 Å². The molecule has 2 aromatic heterocycles. The van der Waals surface area contributed by atoms with Crippen molar-refractivity contribution in [2.45, 2.75) is 0 Å². The number of amides is 1. The number of rotatable bonds is 2. The molecule has 0 fully saturated rings. The molecular weight excluding hydrogens is 230 g/mol. The molecule has 7 heteroatoms. The van der Waals surface area contributed by atoms with E-state index < -0.39 is 0 Å². The quantitative estimate of drug-likeness (QED) is 0.686. The molecule has 0 radical (unpaired) electrons. The SMILES string of the molecule is Nc1cc(C(=O)Nc2cccc(Cl)n2)[nH]n1. The number of nitrogens with zero attached hydrogens (tertiary/aromatic N) is 2. The van der Waals surface area contributed by atoms with Crippen molar-refractivity contribution in [3.8, 4) is 0 Å². The van der Waals surface area contributed by atoms with E-state index in [1.807, 2.05) is 0 Å². The summed E-state index contributed by atoms with van der Waals surface area (Å²) in [4.78, 5) is 15.5. The van der Waals surface area contributed by atoms with Gasteiger partial charge in [-0.3, -0.25) is 9.89 Å². The molecule has 0 aliphatic heterocycles. The molecule has 82 valence electrons. The van der Waals surface area contributed by atoms with Crippen LogP contribution in [0.3, 0.4) is 0 Å². The third-order valence-electron chi connectivity index (χ3n) is 1.80. The first-order chi connectivity index (χ1) is 7.65. The average Bonchev–Trinajstić information content (AvgIpc) is 2.65.